The van der Waals surface area contributed by atoms with Crippen LogP contribution in [0.2, 0.25) is 0 Å². The zero-order chi connectivity index (χ0) is 9.84. The van der Waals surface area contributed by atoms with Crippen LogP contribution in [0.1, 0.15) is 25.7 Å². The van der Waals surface area contributed by atoms with E-state index in [0.717, 1.165) is 0 Å². The number of hydrogen-bond acceptors (Lipinski definition) is 3. The minimum atomic E-state index is -0.523. The van der Waals surface area contributed by atoms with E-state index in [2.05, 4.69) is 4.90 Å². The summed E-state index contributed by atoms with van der Waals surface area (Å²) in [5.74, 6) is -0.412. The number of amides is 1. The van der Waals surface area contributed by atoms with Gasteiger partial charge in [0, 0.05) is 12.6 Å². The maximum Gasteiger partial charge on any atom is 0.235 e. The van der Waals surface area contributed by atoms with Crippen molar-refractivity contribution in [3.8, 4) is 0 Å². The lowest BCUT2D eigenvalue weighted by Gasteiger charge is -2.25. The highest BCUT2D eigenvalue weighted by molar-refractivity contribution is 5.79. The van der Waals surface area contributed by atoms with Gasteiger partial charge in [-0.1, -0.05) is 12.8 Å². The normalized spacial score (nSPS) is 20.8. The average Bonchev–Trinajstić information content (AvgIpc) is 2.55. The van der Waals surface area contributed by atoms with Crippen molar-refractivity contribution in [3.05, 3.63) is 0 Å². The van der Waals surface area contributed by atoms with Crippen LogP contribution in [0.15, 0.2) is 0 Å². The third-order valence-corrected chi connectivity index (χ3v) is 2.80. The molecule has 0 aliphatic heterocycles. The van der Waals surface area contributed by atoms with E-state index in [0.29, 0.717) is 12.6 Å². The molecule has 0 bridgehead atoms. The van der Waals surface area contributed by atoms with Gasteiger partial charge < -0.3 is 16.4 Å². The number of hydrogen-bond donors (Lipinski definition) is 2. The standard InChI is InChI=1S/C9H19N3O/c1-12(6-8(10)9(11)13)7-4-2-3-5-7/h7-8H,2-6,10H2,1H3,(H2,11,13). The molecule has 1 fully saturated rings. The van der Waals surface area contributed by atoms with Crippen molar-refractivity contribution in [2.75, 3.05) is 13.6 Å². The molecular weight excluding hydrogens is 166 g/mol. The number of nitrogens with two attached hydrogens (primary N) is 2. The third kappa shape index (κ3) is 2.97. The zero-order valence-corrected chi connectivity index (χ0v) is 8.20. The van der Waals surface area contributed by atoms with E-state index in [-0.39, 0.29) is 0 Å². The first-order valence-corrected chi connectivity index (χ1v) is 4.86. The summed E-state index contributed by atoms with van der Waals surface area (Å²) >= 11 is 0. The summed E-state index contributed by atoms with van der Waals surface area (Å²) in [6, 6.07) is 0.0796. The largest absolute Gasteiger partial charge is 0.368 e. The number of carbonyl (C=O) groups is 1. The Kier molecular flexibility index (Phi) is 3.69. The maximum absolute atomic E-state index is 10.7. The molecule has 76 valence electrons. The molecule has 1 saturated carbocycles. The third-order valence-electron chi connectivity index (χ3n) is 2.80. The summed E-state index contributed by atoms with van der Waals surface area (Å²) in [6.45, 7) is 0.583. The van der Waals surface area contributed by atoms with E-state index in [1.165, 1.54) is 25.7 Å². The predicted octanol–water partition coefficient (Wildman–Crippen LogP) is -0.327. The molecule has 1 aliphatic carbocycles. The molecule has 1 unspecified atom stereocenters. The van der Waals surface area contributed by atoms with Crippen LogP contribution in [0.3, 0.4) is 0 Å². The molecule has 1 atom stereocenters. The molecule has 4 heteroatoms. The highest BCUT2D eigenvalue weighted by Gasteiger charge is 2.22. The van der Waals surface area contributed by atoms with Gasteiger partial charge >= 0.3 is 0 Å². The van der Waals surface area contributed by atoms with Gasteiger partial charge in [0.2, 0.25) is 5.91 Å². The molecule has 4 nitrogen and oxygen atoms in total. The topological polar surface area (TPSA) is 72.3 Å². The summed E-state index contributed by atoms with van der Waals surface area (Å²) < 4.78 is 0. The quantitative estimate of drug-likeness (QED) is 0.630. The molecule has 13 heavy (non-hydrogen) atoms. The van der Waals surface area contributed by atoms with E-state index in [4.69, 9.17) is 11.5 Å². The van der Waals surface area contributed by atoms with Crippen LogP contribution in [0.25, 0.3) is 0 Å². The Balaban J connectivity index is 2.30. The van der Waals surface area contributed by atoms with Gasteiger partial charge in [-0.05, 0) is 19.9 Å². The lowest BCUT2D eigenvalue weighted by molar-refractivity contribution is -0.119. The summed E-state index contributed by atoms with van der Waals surface area (Å²) in [4.78, 5) is 12.9. The maximum atomic E-state index is 10.7. The summed E-state index contributed by atoms with van der Waals surface area (Å²) in [5, 5.41) is 0. The van der Waals surface area contributed by atoms with Crippen molar-refractivity contribution in [2.24, 2.45) is 11.5 Å². The first-order chi connectivity index (χ1) is 6.11. The molecule has 0 aromatic rings. The second kappa shape index (κ2) is 4.58. The minimum absolute atomic E-state index is 0.412. The van der Waals surface area contributed by atoms with Gasteiger partial charge in [-0.2, -0.15) is 0 Å². The molecule has 0 aromatic heterocycles. The fourth-order valence-corrected chi connectivity index (χ4v) is 1.89. The van der Waals surface area contributed by atoms with Gasteiger partial charge in [0.05, 0.1) is 6.04 Å². The van der Waals surface area contributed by atoms with Crippen molar-refractivity contribution < 1.29 is 4.79 Å². The number of rotatable bonds is 4. The number of primary amides is 1. The molecule has 4 N–H and O–H groups in total. The number of likely N-dealkylation sites (N-methyl/N-ethyl adjacent to an activating group) is 1. The summed E-state index contributed by atoms with van der Waals surface area (Å²) in [6.07, 6.45) is 5.03. The predicted molar refractivity (Wildman–Crippen MR) is 52.1 cm³/mol. The van der Waals surface area contributed by atoms with E-state index >= 15 is 0 Å². The Labute approximate surface area is 79.3 Å². The van der Waals surface area contributed by atoms with Crippen molar-refractivity contribution in [1.29, 1.82) is 0 Å². The fraction of sp³-hybridized carbons (Fsp3) is 0.889. The first-order valence-electron chi connectivity index (χ1n) is 4.86. The van der Waals surface area contributed by atoms with Gasteiger partial charge in [0.15, 0.2) is 0 Å². The van der Waals surface area contributed by atoms with Crippen molar-refractivity contribution in [3.63, 3.8) is 0 Å². The monoisotopic (exact) mass is 185 g/mol. The molecule has 0 spiro atoms. The van der Waals surface area contributed by atoms with Crippen LogP contribution in [0.5, 0.6) is 0 Å². The highest BCUT2D eigenvalue weighted by Crippen LogP contribution is 2.22. The second-order valence-electron chi connectivity index (χ2n) is 3.89. The van der Waals surface area contributed by atoms with Crippen molar-refractivity contribution in [2.45, 2.75) is 37.8 Å². The van der Waals surface area contributed by atoms with Crippen molar-refractivity contribution >= 4 is 5.91 Å². The van der Waals surface area contributed by atoms with E-state index in [9.17, 15) is 4.79 Å². The van der Waals surface area contributed by atoms with Gasteiger partial charge in [0.25, 0.3) is 0 Å². The molecule has 0 radical (unpaired) electrons. The van der Waals surface area contributed by atoms with E-state index < -0.39 is 11.9 Å². The zero-order valence-electron chi connectivity index (χ0n) is 8.20. The van der Waals surface area contributed by atoms with Gasteiger partial charge in [-0.15, -0.1) is 0 Å². The molecule has 0 heterocycles. The van der Waals surface area contributed by atoms with Crippen LogP contribution >= 0.6 is 0 Å². The lowest BCUT2D eigenvalue weighted by Crippen LogP contribution is -2.47. The van der Waals surface area contributed by atoms with Crippen LogP contribution < -0.4 is 11.5 Å². The summed E-state index contributed by atoms with van der Waals surface area (Å²) in [7, 11) is 2.01. The van der Waals surface area contributed by atoms with Crippen LogP contribution in [0.4, 0.5) is 0 Å². The number of nitrogens with zero attached hydrogens (tertiary/aromatic N) is 1. The molecule has 0 saturated heterocycles. The SMILES string of the molecule is CN(CC(N)C(N)=O)C1CCCC1. The fourth-order valence-electron chi connectivity index (χ4n) is 1.89. The molecule has 0 aromatic carbocycles. The first kappa shape index (κ1) is 10.5. The van der Waals surface area contributed by atoms with Gasteiger partial charge in [-0.3, -0.25) is 4.79 Å². The minimum Gasteiger partial charge on any atom is -0.368 e. The molecule has 1 aliphatic rings. The van der Waals surface area contributed by atoms with Crippen LogP contribution in [-0.4, -0.2) is 36.5 Å². The summed E-state index contributed by atoms with van der Waals surface area (Å²) in [5.41, 5.74) is 10.7. The Morgan fingerprint density at radius 3 is 2.54 bits per heavy atom. The average molecular weight is 185 g/mol. The Morgan fingerprint density at radius 2 is 2.08 bits per heavy atom. The molecule has 1 rings (SSSR count). The van der Waals surface area contributed by atoms with Crippen LogP contribution in [-0.2, 0) is 4.79 Å². The highest BCUT2D eigenvalue weighted by atomic mass is 16.1. The van der Waals surface area contributed by atoms with E-state index in [1.807, 2.05) is 7.05 Å². The Hall–Kier alpha value is -0.610. The lowest BCUT2D eigenvalue weighted by atomic mass is 10.2. The van der Waals surface area contributed by atoms with Gasteiger partial charge in [0.1, 0.15) is 0 Å². The van der Waals surface area contributed by atoms with Crippen LogP contribution in [0, 0.1) is 0 Å². The number of carbonyl (C=O) groups excluding carboxylic acids is 1. The smallest absolute Gasteiger partial charge is 0.235 e. The van der Waals surface area contributed by atoms with E-state index in [1.54, 1.807) is 0 Å². The Morgan fingerprint density at radius 1 is 1.54 bits per heavy atom. The van der Waals surface area contributed by atoms with Crippen molar-refractivity contribution in [1.82, 2.24) is 4.90 Å². The molecular formula is C9H19N3O. The second-order valence-corrected chi connectivity index (χ2v) is 3.89. The van der Waals surface area contributed by atoms with Gasteiger partial charge in [-0.25, -0.2) is 0 Å². The Bertz CT molecular complexity index is 178. The molecule has 1 amide bonds.